The fourth-order valence-corrected chi connectivity index (χ4v) is 3.49. The van der Waals surface area contributed by atoms with Gasteiger partial charge in [-0.3, -0.25) is 0 Å². The summed E-state index contributed by atoms with van der Waals surface area (Å²) in [6, 6.07) is 0. The summed E-state index contributed by atoms with van der Waals surface area (Å²) in [5.41, 5.74) is 5.32. The average molecular weight is 177 g/mol. The van der Waals surface area contributed by atoms with Crippen LogP contribution in [0.5, 0.6) is 0 Å². The molecule has 1 rings (SSSR count). The standard InChI is InChI=1S/C7H15NO2S/c8-5-4-7-3-1-2-6-11(7,9)10/h7H,1-6,8H2. The van der Waals surface area contributed by atoms with Crippen molar-refractivity contribution in [2.24, 2.45) is 5.73 Å². The zero-order valence-electron chi connectivity index (χ0n) is 6.62. The number of hydrogen-bond donors (Lipinski definition) is 1. The molecular weight excluding hydrogens is 162 g/mol. The zero-order valence-corrected chi connectivity index (χ0v) is 7.44. The summed E-state index contributed by atoms with van der Waals surface area (Å²) in [6.07, 6.45) is 3.34. The molecule has 0 bridgehead atoms. The maximum absolute atomic E-state index is 11.3. The largest absolute Gasteiger partial charge is 0.330 e. The highest BCUT2D eigenvalue weighted by molar-refractivity contribution is 7.92. The van der Waals surface area contributed by atoms with E-state index in [1.165, 1.54) is 0 Å². The van der Waals surface area contributed by atoms with Crippen molar-refractivity contribution < 1.29 is 8.42 Å². The average Bonchev–Trinajstić information content (AvgIpc) is 1.94. The van der Waals surface area contributed by atoms with Crippen LogP contribution in [0.1, 0.15) is 25.7 Å². The summed E-state index contributed by atoms with van der Waals surface area (Å²) in [5, 5.41) is -0.138. The maximum Gasteiger partial charge on any atom is 0.153 e. The Hall–Kier alpha value is -0.0900. The van der Waals surface area contributed by atoms with Gasteiger partial charge in [0.1, 0.15) is 0 Å². The third-order valence-corrected chi connectivity index (χ3v) is 4.55. The fourth-order valence-electron chi connectivity index (χ4n) is 1.53. The molecular formula is C7H15NO2S. The third-order valence-electron chi connectivity index (χ3n) is 2.20. The minimum absolute atomic E-state index is 0.138. The van der Waals surface area contributed by atoms with Crippen LogP contribution in [0, 0.1) is 0 Å². The highest BCUT2D eigenvalue weighted by atomic mass is 32.2. The maximum atomic E-state index is 11.3. The number of nitrogens with two attached hydrogens (primary N) is 1. The summed E-state index contributed by atoms with van der Waals surface area (Å²) in [4.78, 5) is 0. The van der Waals surface area contributed by atoms with Crippen LogP contribution in [-0.4, -0.2) is 26.0 Å². The van der Waals surface area contributed by atoms with Crippen molar-refractivity contribution >= 4 is 9.84 Å². The van der Waals surface area contributed by atoms with Crippen LogP contribution in [0.4, 0.5) is 0 Å². The summed E-state index contributed by atoms with van der Waals surface area (Å²) in [7, 11) is -2.77. The Morgan fingerprint density at radius 3 is 2.64 bits per heavy atom. The van der Waals surface area contributed by atoms with E-state index in [0.29, 0.717) is 18.7 Å². The van der Waals surface area contributed by atoms with E-state index in [-0.39, 0.29) is 5.25 Å². The molecule has 0 saturated carbocycles. The van der Waals surface area contributed by atoms with E-state index in [4.69, 9.17) is 5.73 Å². The van der Waals surface area contributed by atoms with Crippen LogP contribution in [0.2, 0.25) is 0 Å². The van der Waals surface area contributed by atoms with E-state index in [9.17, 15) is 8.42 Å². The van der Waals surface area contributed by atoms with Gasteiger partial charge in [0, 0.05) is 0 Å². The molecule has 1 fully saturated rings. The molecule has 0 aromatic heterocycles. The Kier molecular flexibility index (Phi) is 2.90. The second-order valence-electron chi connectivity index (χ2n) is 3.06. The topological polar surface area (TPSA) is 60.2 Å². The van der Waals surface area contributed by atoms with E-state index in [1.54, 1.807) is 0 Å². The summed E-state index contributed by atoms with van der Waals surface area (Å²) in [5.74, 6) is 0.373. The third kappa shape index (κ3) is 2.17. The van der Waals surface area contributed by atoms with Gasteiger partial charge in [-0.1, -0.05) is 6.42 Å². The molecule has 11 heavy (non-hydrogen) atoms. The van der Waals surface area contributed by atoms with E-state index >= 15 is 0 Å². The lowest BCUT2D eigenvalue weighted by molar-refractivity contribution is 0.529. The Bertz CT molecular complexity index is 208. The van der Waals surface area contributed by atoms with Crippen LogP contribution in [0.3, 0.4) is 0 Å². The molecule has 3 nitrogen and oxygen atoms in total. The molecule has 1 atom stereocenters. The summed E-state index contributed by atoms with van der Waals surface area (Å²) in [6.45, 7) is 0.490. The van der Waals surface area contributed by atoms with Gasteiger partial charge in [0.15, 0.2) is 9.84 Å². The minimum Gasteiger partial charge on any atom is -0.330 e. The molecule has 1 heterocycles. The lowest BCUT2D eigenvalue weighted by Crippen LogP contribution is -2.30. The number of hydrogen-bond acceptors (Lipinski definition) is 3. The second kappa shape index (κ2) is 3.54. The van der Waals surface area contributed by atoms with E-state index in [0.717, 1.165) is 19.3 Å². The van der Waals surface area contributed by atoms with Gasteiger partial charge in [-0.05, 0) is 25.8 Å². The molecule has 0 aliphatic carbocycles. The molecule has 0 spiro atoms. The van der Waals surface area contributed by atoms with Crippen molar-refractivity contribution in [3.05, 3.63) is 0 Å². The Morgan fingerprint density at radius 2 is 2.09 bits per heavy atom. The van der Waals surface area contributed by atoms with E-state index < -0.39 is 9.84 Å². The van der Waals surface area contributed by atoms with Crippen LogP contribution in [-0.2, 0) is 9.84 Å². The van der Waals surface area contributed by atoms with Crippen molar-refractivity contribution in [2.45, 2.75) is 30.9 Å². The first kappa shape index (κ1) is 9.00. The van der Waals surface area contributed by atoms with E-state index in [1.807, 2.05) is 0 Å². The van der Waals surface area contributed by atoms with E-state index in [2.05, 4.69) is 0 Å². The van der Waals surface area contributed by atoms with Crippen LogP contribution < -0.4 is 5.73 Å². The highest BCUT2D eigenvalue weighted by Crippen LogP contribution is 2.21. The summed E-state index contributed by atoms with van der Waals surface area (Å²) < 4.78 is 22.6. The number of rotatable bonds is 2. The van der Waals surface area contributed by atoms with Gasteiger partial charge >= 0.3 is 0 Å². The first-order chi connectivity index (χ1) is 5.17. The molecule has 1 aliphatic heterocycles. The van der Waals surface area contributed by atoms with Crippen molar-refractivity contribution in [1.29, 1.82) is 0 Å². The molecule has 0 amide bonds. The lowest BCUT2D eigenvalue weighted by Gasteiger charge is -2.21. The SMILES string of the molecule is NCCC1CCCCS1(=O)=O. The van der Waals surface area contributed by atoms with Crippen molar-refractivity contribution in [3.8, 4) is 0 Å². The van der Waals surface area contributed by atoms with Crippen molar-refractivity contribution in [3.63, 3.8) is 0 Å². The molecule has 1 saturated heterocycles. The van der Waals surface area contributed by atoms with Gasteiger partial charge < -0.3 is 5.73 Å². The van der Waals surface area contributed by atoms with Crippen LogP contribution in [0.25, 0.3) is 0 Å². The molecule has 1 aliphatic rings. The van der Waals surface area contributed by atoms with Gasteiger partial charge in [-0.2, -0.15) is 0 Å². The molecule has 0 aromatic rings. The van der Waals surface area contributed by atoms with Gasteiger partial charge in [0.05, 0.1) is 11.0 Å². The minimum atomic E-state index is -2.77. The Balaban J connectivity index is 2.60. The normalized spacial score (nSPS) is 30.1. The summed E-state index contributed by atoms with van der Waals surface area (Å²) >= 11 is 0. The zero-order chi connectivity index (χ0) is 8.32. The lowest BCUT2D eigenvalue weighted by atomic mass is 10.1. The molecule has 66 valence electrons. The van der Waals surface area contributed by atoms with Gasteiger partial charge in [0.25, 0.3) is 0 Å². The second-order valence-corrected chi connectivity index (χ2v) is 5.46. The van der Waals surface area contributed by atoms with Crippen LogP contribution >= 0.6 is 0 Å². The predicted molar refractivity (Wildman–Crippen MR) is 45.1 cm³/mol. The van der Waals surface area contributed by atoms with Crippen molar-refractivity contribution in [1.82, 2.24) is 0 Å². The monoisotopic (exact) mass is 177 g/mol. The van der Waals surface area contributed by atoms with Gasteiger partial charge in [-0.15, -0.1) is 0 Å². The van der Waals surface area contributed by atoms with Gasteiger partial charge in [-0.25, -0.2) is 8.42 Å². The molecule has 1 unspecified atom stereocenters. The molecule has 0 radical (unpaired) electrons. The first-order valence-electron chi connectivity index (χ1n) is 4.08. The van der Waals surface area contributed by atoms with Crippen LogP contribution in [0.15, 0.2) is 0 Å². The smallest absolute Gasteiger partial charge is 0.153 e. The molecule has 2 N–H and O–H groups in total. The number of sulfone groups is 1. The molecule has 4 heteroatoms. The quantitative estimate of drug-likeness (QED) is 0.660. The van der Waals surface area contributed by atoms with Gasteiger partial charge in [0.2, 0.25) is 0 Å². The van der Waals surface area contributed by atoms with Crippen molar-refractivity contribution in [2.75, 3.05) is 12.3 Å². The fraction of sp³-hybridized carbons (Fsp3) is 1.00. The highest BCUT2D eigenvalue weighted by Gasteiger charge is 2.27. The molecule has 0 aromatic carbocycles. The Morgan fingerprint density at radius 1 is 1.36 bits per heavy atom. The first-order valence-corrected chi connectivity index (χ1v) is 5.80. The predicted octanol–water partition coefficient (Wildman–Crippen LogP) is 0.303. The Labute approximate surface area is 67.9 Å².